The van der Waals surface area contributed by atoms with Crippen LogP contribution in [0.1, 0.15) is 33.6 Å². The summed E-state index contributed by atoms with van der Waals surface area (Å²) in [6.07, 6.45) is 1.39. The molecule has 1 saturated heterocycles. The lowest BCUT2D eigenvalue weighted by Gasteiger charge is -2.39. The van der Waals surface area contributed by atoms with Crippen molar-refractivity contribution < 1.29 is 19.0 Å². The quantitative estimate of drug-likeness (QED) is 0.560. The van der Waals surface area contributed by atoms with Gasteiger partial charge in [-0.1, -0.05) is 0 Å². The zero-order valence-electron chi connectivity index (χ0n) is 11.0. The van der Waals surface area contributed by atoms with Crippen LogP contribution in [0.3, 0.4) is 0 Å². The minimum Gasteiger partial charge on any atom is -0.465 e. The van der Waals surface area contributed by atoms with Crippen LogP contribution in [0.4, 0.5) is 0 Å². The molecular formula is C12H23NO4. The monoisotopic (exact) mass is 245 g/mol. The second-order valence-corrected chi connectivity index (χ2v) is 4.00. The molecule has 0 aromatic heterocycles. The predicted molar refractivity (Wildman–Crippen MR) is 63.6 cm³/mol. The van der Waals surface area contributed by atoms with Gasteiger partial charge in [-0.3, -0.25) is 10.1 Å². The van der Waals surface area contributed by atoms with Crippen molar-refractivity contribution in [3.8, 4) is 0 Å². The lowest BCUT2D eigenvalue weighted by molar-refractivity contribution is -0.242. The van der Waals surface area contributed by atoms with Crippen LogP contribution in [-0.4, -0.2) is 44.2 Å². The van der Waals surface area contributed by atoms with Crippen LogP contribution in [0.25, 0.3) is 0 Å². The summed E-state index contributed by atoms with van der Waals surface area (Å²) in [5.41, 5.74) is 0. The summed E-state index contributed by atoms with van der Waals surface area (Å²) in [6.45, 7) is 7.84. The second kappa shape index (κ2) is 6.93. The SMILES string of the molecule is CCOC(=O)C1CCC(OCC)(OCC)CN1. The average Bonchev–Trinajstić information content (AvgIpc) is 2.31. The van der Waals surface area contributed by atoms with Gasteiger partial charge in [0.25, 0.3) is 0 Å². The lowest BCUT2D eigenvalue weighted by atomic mass is 9.99. The molecule has 1 heterocycles. The molecule has 5 nitrogen and oxygen atoms in total. The zero-order valence-corrected chi connectivity index (χ0v) is 11.0. The number of piperidine rings is 1. The maximum Gasteiger partial charge on any atom is 0.323 e. The molecular weight excluding hydrogens is 222 g/mol. The van der Waals surface area contributed by atoms with E-state index in [4.69, 9.17) is 14.2 Å². The molecule has 0 aliphatic carbocycles. The van der Waals surface area contributed by atoms with Crippen LogP contribution < -0.4 is 5.32 Å². The molecule has 1 aliphatic rings. The third-order valence-electron chi connectivity index (χ3n) is 2.82. The van der Waals surface area contributed by atoms with E-state index in [2.05, 4.69) is 5.32 Å². The molecule has 1 N–H and O–H groups in total. The van der Waals surface area contributed by atoms with E-state index in [0.29, 0.717) is 39.2 Å². The van der Waals surface area contributed by atoms with Gasteiger partial charge in [0, 0.05) is 19.6 Å². The van der Waals surface area contributed by atoms with Crippen molar-refractivity contribution in [2.24, 2.45) is 0 Å². The first-order valence-electron chi connectivity index (χ1n) is 6.35. The molecule has 0 amide bonds. The highest BCUT2D eigenvalue weighted by Gasteiger charge is 2.38. The van der Waals surface area contributed by atoms with E-state index in [0.717, 1.165) is 0 Å². The fourth-order valence-corrected chi connectivity index (χ4v) is 2.09. The molecule has 0 spiro atoms. The van der Waals surface area contributed by atoms with Crippen LogP contribution >= 0.6 is 0 Å². The molecule has 17 heavy (non-hydrogen) atoms. The van der Waals surface area contributed by atoms with Gasteiger partial charge in [0.15, 0.2) is 5.79 Å². The minimum absolute atomic E-state index is 0.186. The topological polar surface area (TPSA) is 56.8 Å². The average molecular weight is 245 g/mol. The highest BCUT2D eigenvalue weighted by atomic mass is 16.7. The highest BCUT2D eigenvalue weighted by molar-refractivity contribution is 5.75. The number of hydrogen-bond acceptors (Lipinski definition) is 5. The molecule has 1 aliphatic heterocycles. The maximum atomic E-state index is 11.6. The largest absolute Gasteiger partial charge is 0.465 e. The number of carbonyl (C=O) groups excluding carboxylic acids is 1. The Morgan fingerprint density at radius 3 is 2.29 bits per heavy atom. The molecule has 5 heteroatoms. The fourth-order valence-electron chi connectivity index (χ4n) is 2.09. The lowest BCUT2D eigenvalue weighted by Crippen LogP contribution is -2.55. The Bertz CT molecular complexity index is 229. The summed E-state index contributed by atoms with van der Waals surface area (Å²) in [4.78, 5) is 11.6. The molecule has 0 bridgehead atoms. The summed E-state index contributed by atoms with van der Waals surface area (Å²) in [5, 5.41) is 3.14. The molecule has 1 rings (SSSR count). The minimum atomic E-state index is -0.577. The Balaban J connectivity index is 2.48. The first-order valence-corrected chi connectivity index (χ1v) is 6.35. The van der Waals surface area contributed by atoms with Crippen LogP contribution in [0, 0.1) is 0 Å². The van der Waals surface area contributed by atoms with Gasteiger partial charge in [0.2, 0.25) is 0 Å². The Labute approximate surface area is 103 Å². The number of rotatable bonds is 6. The maximum absolute atomic E-state index is 11.6. The normalized spacial score (nSPS) is 23.4. The van der Waals surface area contributed by atoms with Crippen molar-refractivity contribution in [2.45, 2.75) is 45.4 Å². The van der Waals surface area contributed by atoms with E-state index in [1.165, 1.54) is 0 Å². The van der Waals surface area contributed by atoms with Crippen molar-refractivity contribution in [1.82, 2.24) is 5.32 Å². The summed E-state index contributed by atoms with van der Waals surface area (Å²) in [6, 6.07) is -0.232. The van der Waals surface area contributed by atoms with Crippen molar-refractivity contribution in [3.63, 3.8) is 0 Å². The van der Waals surface area contributed by atoms with Crippen molar-refractivity contribution >= 4 is 5.97 Å². The fraction of sp³-hybridized carbons (Fsp3) is 0.917. The highest BCUT2D eigenvalue weighted by Crippen LogP contribution is 2.25. The molecule has 0 radical (unpaired) electrons. The third-order valence-corrected chi connectivity index (χ3v) is 2.82. The van der Waals surface area contributed by atoms with Gasteiger partial charge in [-0.05, 0) is 27.2 Å². The van der Waals surface area contributed by atoms with E-state index >= 15 is 0 Å². The molecule has 1 fully saturated rings. The number of carbonyl (C=O) groups is 1. The van der Waals surface area contributed by atoms with Crippen LogP contribution in [0.15, 0.2) is 0 Å². The molecule has 0 saturated carbocycles. The van der Waals surface area contributed by atoms with E-state index in [1.54, 1.807) is 0 Å². The molecule has 100 valence electrons. The molecule has 1 unspecified atom stereocenters. The second-order valence-electron chi connectivity index (χ2n) is 4.00. The standard InChI is InChI=1S/C12H23NO4/c1-4-15-11(14)10-7-8-12(9-13-10,16-5-2)17-6-3/h10,13H,4-9H2,1-3H3. The van der Waals surface area contributed by atoms with Gasteiger partial charge in [-0.25, -0.2) is 0 Å². The molecule has 0 aromatic rings. The Morgan fingerprint density at radius 2 is 1.88 bits per heavy atom. The molecule has 0 aromatic carbocycles. The zero-order chi connectivity index (χ0) is 12.7. The molecule has 1 atom stereocenters. The summed E-state index contributed by atoms with van der Waals surface area (Å²) < 4.78 is 16.3. The van der Waals surface area contributed by atoms with E-state index in [1.807, 2.05) is 20.8 Å². The van der Waals surface area contributed by atoms with Crippen LogP contribution in [0.5, 0.6) is 0 Å². The van der Waals surface area contributed by atoms with E-state index < -0.39 is 5.79 Å². The first kappa shape index (κ1) is 14.4. The number of hydrogen-bond donors (Lipinski definition) is 1. The van der Waals surface area contributed by atoms with Crippen LogP contribution in [0.2, 0.25) is 0 Å². The third kappa shape index (κ3) is 3.94. The number of esters is 1. The van der Waals surface area contributed by atoms with Gasteiger partial charge in [-0.2, -0.15) is 0 Å². The van der Waals surface area contributed by atoms with Gasteiger partial charge < -0.3 is 14.2 Å². The van der Waals surface area contributed by atoms with Crippen molar-refractivity contribution in [2.75, 3.05) is 26.4 Å². The van der Waals surface area contributed by atoms with Crippen molar-refractivity contribution in [3.05, 3.63) is 0 Å². The summed E-state index contributed by atoms with van der Waals surface area (Å²) in [7, 11) is 0. The van der Waals surface area contributed by atoms with Crippen molar-refractivity contribution in [1.29, 1.82) is 0 Å². The predicted octanol–water partition coefficient (Wildman–Crippen LogP) is 1.07. The Hall–Kier alpha value is -0.650. The Morgan fingerprint density at radius 1 is 1.24 bits per heavy atom. The smallest absolute Gasteiger partial charge is 0.323 e. The number of nitrogens with one attached hydrogen (secondary N) is 1. The first-order chi connectivity index (χ1) is 8.17. The van der Waals surface area contributed by atoms with Gasteiger partial charge >= 0.3 is 5.97 Å². The summed E-state index contributed by atoms with van der Waals surface area (Å²) in [5.74, 6) is -0.763. The van der Waals surface area contributed by atoms with Gasteiger partial charge in [0.05, 0.1) is 13.2 Å². The van der Waals surface area contributed by atoms with Gasteiger partial charge in [0.1, 0.15) is 6.04 Å². The summed E-state index contributed by atoms with van der Waals surface area (Å²) >= 11 is 0. The van der Waals surface area contributed by atoms with Crippen LogP contribution in [-0.2, 0) is 19.0 Å². The van der Waals surface area contributed by atoms with E-state index in [-0.39, 0.29) is 12.0 Å². The number of ether oxygens (including phenoxy) is 3. The van der Waals surface area contributed by atoms with Gasteiger partial charge in [-0.15, -0.1) is 0 Å². The van der Waals surface area contributed by atoms with E-state index in [9.17, 15) is 4.79 Å². The Kier molecular flexibility index (Phi) is 5.88.